The van der Waals surface area contributed by atoms with E-state index in [1.54, 1.807) is 12.4 Å². The molecule has 0 saturated heterocycles. The van der Waals surface area contributed by atoms with Crippen LogP contribution in [0.15, 0.2) is 188 Å². The fraction of sp³-hybridized carbons (Fsp3) is 0.0962. The lowest BCUT2D eigenvalue weighted by Crippen LogP contribution is -2.24. The zero-order valence-electron chi connectivity index (χ0n) is 32.8. The summed E-state index contributed by atoms with van der Waals surface area (Å²) in [6.45, 7) is 7.34. The standard InChI is InChI=1S/C52H42N6/c1-52(2,3)40-28-29-53-47(34-40)58-45-25-14-13-24-43(45)44-27-26-39(33-46(44)58)49(48(36-16-7-4-8-17-36)37-18-9-5-10-19-37)38-20-15-23-42(32-38)57-35-56(41-21-11-6-12-22-41)50-51(57)55-31-30-54-50/h4-34H,35H2,1-3H3. The summed E-state index contributed by atoms with van der Waals surface area (Å²) in [5.74, 6) is 2.58. The van der Waals surface area contributed by atoms with Gasteiger partial charge >= 0.3 is 0 Å². The minimum atomic E-state index is -0.0254. The molecule has 3 aromatic heterocycles. The molecule has 6 nitrogen and oxygen atoms in total. The van der Waals surface area contributed by atoms with Gasteiger partial charge in [0.25, 0.3) is 0 Å². The highest BCUT2D eigenvalue weighted by molar-refractivity contribution is 6.12. The van der Waals surface area contributed by atoms with Crippen molar-refractivity contribution < 1.29 is 0 Å². The van der Waals surface area contributed by atoms with Crippen molar-refractivity contribution in [2.24, 2.45) is 0 Å². The van der Waals surface area contributed by atoms with Gasteiger partial charge in [-0.15, -0.1) is 0 Å². The van der Waals surface area contributed by atoms with Crippen molar-refractivity contribution in [2.45, 2.75) is 26.2 Å². The molecule has 6 heteroatoms. The Balaban J connectivity index is 1.22. The maximum absolute atomic E-state index is 4.99. The Morgan fingerprint density at radius 2 is 1.00 bits per heavy atom. The van der Waals surface area contributed by atoms with Crippen LogP contribution in [0.25, 0.3) is 38.8 Å². The van der Waals surface area contributed by atoms with E-state index in [-0.39, 0.29) is 5.41 Å². The van der Waals surface area contributed by atoms with Gasteiger partial charge in [0.05, 0.1) is 11.0 Å². The molecule has 280 valence electrons. The Labute approximate surface area is 339 Å². The summed E-state index contributed by atoms with van der Waals surface area (Å²) < 4.78 is 2.33. The maximum atomic E-state index is 4.99. The molecule has 10 rings (SSSR count). The normalized spacial score (nSPS) is 12.6. The molecule has 1 aliphatic heterocycles. The zero-order valence-corrected chi connectivity index (χ0v) is 32.8. The molecule has 0 radical (unpaired) electrons. The van der Waals surface area contributed by atoms with E-state index in [2.05, 4.69) is 199 Å². The van der Waals surface area contributed by atoms with Crippen LogP contribution >= 0.6 is 0 Å². The van der Waals surface area contributed by atoms with E-state index in [0.29, 0.717) is 6.67 Å². The van der Waals surface area contributed by atoms with E-state index < -0.39 is 0 Å². The van der Waals surface area contributed by atoms with Crippen LogP contribution in [0.3, 0.4) is 0 Å². The van der Waals surface area contributed by atoms with Crippen molar-refractivity contribution in [1.82, 2.24) is 19.5 Å². The summed E-state index contributed by atoms with van der Waals surface area (Å²) in [6.07, 6.45) is 5.49. The van der Waals surface area contributed by atoms with E-state index in [4.69, 9.17) is 15.0 Å². The Hall–Kier alpha value is -7.31. The molecule has 58 heavy (non-hydrogen) atoms. The summed E-state index contributed by atoms with van der Waals surface area (Å²) in [4.78, 5) is 19.2. The quantitative estimate of drug-likeness (QED) is 0.152. The van der Waals surface area contributed by atoms with E-state index >= 15 is 0 Å². The van der Waals surface area contributed by atoms with E-state index in [1.165, 1.54) is 16.3 Å². The van der Waals surface area contributed by atoms with Crippen molar-refractivity contribution >= 4 is 56.0 Å². The van der Waals surface area contributed by atoms with E-state index in [1.807, 2.05) is 12.3 Å². The summed E-state index contributed by atoms with van der Waals surface area (Å²) in [5.41, 5.74) is 12.3. The molecule has 0 atom stereocenters. The van der Waals surface area contributed by atoms with Gasteiger partial charge in [-0.2, -0.15) is 0 Å². The second kappa shape index (κ2) is 14.3. The van der Waals surface area contributed by atoms with Crippen LogP contribution in [0.4, 0.5) is 23.0 Å². The predicted octanol–water partition coefficient (Wildman–Crippen LogP) is 12.5. The Bertz CT molecular complexity index is 2920. The number of hydrogen-bond donors (Lipinski definition) is 0. The number of aromatic nitrogens is 4. The first-order valence-electron chi connectivity index (χ1n) is 19.8. The van der Waals surface area contributed by atoms with Gasteiger partial charge in [-0.25, -0.2) is 15.0 Å². The molecule has 0 spiro atoms. The number of hydrogen-bond acceptors (Lipinski definition) is 5. The van der Waals surface area contributed by atoms with Crippen LogP contribution in [0.5, 0.6) is 0 Å². The SMILES string of the molecule is CC(C)(C)c1ccnc(-n2c3ccccc3c3ccc(C(=C(c4ccccc4)c4ccccc4)c4cccc(N5CN(c6ccccc6)c6nccnc65)c4)cc32)c1. The van der Waals surface area contributed by atoms with E-state index in [0.717, 1.165) is 73.3 Å². The molecule has 0 amide bonds. The van der Waals surface area contributed by atoms with Crippen LogP contribution in [-0.2, 0) is 5.41 Å². The average Bonchev–Trinajstić information content (AvgIpc) is 3.82. The highest BCUT2D eigenvalue weighted by atomic mass is 15.4. The number of benzene rings is 6. The molecule has 0 saturated carbocycles. The largest absolute Gasteiger partial charge is 0.305 e. The van der Waals surface area contributed by atoms with E-state index in [9.17, 15) is 0 Å². The van der Waals surface area contributed by atoms with Crippen LogP contribution in [0.2, 0.25) is 0 Å². The molecule has 4 heterocycles. The van der Waals surface area contributed by atoms with Gasteiger partial charge in [-0.05, 0) is 92.9 Å². The molecule has 0 N–H and O–H groups in total. The summed E-state index contributed by atoms with van der Waals surface area (Å²) in [5, 5.41) is 2.38. The Morgan fingerprint density at radius 3 is 1.69 bits per heavy atom. The maximum Gasteiger partial charge on any atom is 0.178 e. The molecule has 6 aromatic carbocycles. The lowest BCUT2D eigenvalue weighted by atomic mass is 9.85. The Kier molecular flexibility index (Phi) is 8.67. The zero-order chi connectivity index (χ0) is 39.2. The minimum Gasteiger partial charge on any atom is -0.305 e. The monoisotopic (exact) mass is 750 g/mol. The third-order valence-electron chi connectivity index (χ3n) is 11.1. The van der Waals surface area contributed by atoms with Crippen molar-refractivity contribution in [3.63, 3.8) is 0 Å². The number of fused-ring (bicyclic) bond motifs is 4. The first kappa shape index (κ1) is 35.1. The first-order valence-corrected chi connectivity index (χ1v) is 19.8. The van der Waals surface area contributed by atoms with Crippen molar-refractivity contribution in [1.29, 1.82) is 0 Å². The molecule has 1 aliphatic rings. The van der Waals surface area contributed by atoms with Gasteiger partial charge in [0.2, 0.25) is 0 Å². The van der Waals surface area contributed by atoms with Crippen LogP contribution in [0, 0.1) is 0 Å². The number of pyridine rings is 1. The third kappa shape index (κ3) is 6.20. The predicted molar refractivity (Wildman–Crippen MR) is 239 cm³/mol. The summed E-state index contributed by atoms with van der Waals surface area (Å²) >= 11 is 0. The molecule has 0 aliphatic carbocycles. The molecule has 0 bridgehead atoms. The minimum absolute atomic E-state index is 0.0254. The smallest absolute Gasteiger partial charge is 0.178 e. The lowest BCUT2D eigenvalue weighted by Gasteiger charge is -2.23. The van der Waals surface area contributed by atoms with Gasteiger partial charge in [0, 0.05) is 40.7 Å². The van der Waals surface area contributed by atoms with Crippen molar-refractivity contribution in [3.05, 3.63) is 216 Å². The second-order valence-corrected chi connectivity index (χ2v) is 15.8. The number of para-hydroxylation sites is 2. The highest BCUT2D eigenvalue weighted by Crippen LogP contribution is 2.44. The number of rotatable bonds is 7. The number of nitrogens with zero attached hydrogens (tertiary/aromatic N) is 6. The van der Waals surface area contributed by atoms with Crippen molar-refractivity contribution in [2.75, 3.05) is 16.5 Å². The van der Waals surface area contributed by atoms with Crippen LogP contribution in [-0.4, -0.2) is 26.2 Å². The lowest BCUT2D eigenvalue weighted by molar-refractivity contribution is 0.588. The molecule has 0 fully saturated rings. The van der Waals surface area contributed by atoms with Gasteiger partial charge in [0.15, 0.2) is 11.6 Å². The Morgan fingerprint density at radius 1 is 0.448 bits per heavy atom. The molecular weight excluding hydrogens is 709 g/mol. The highest BCUT2D eigenvalue weighted by Gasteiger charge is 2.31. The molecule has 0 unspecified atom stereocenters. The summed E-state index contributed by atoms with van der Waals surface area (Å²) in [7, 11) is 0. The fourth-order valence-electron chi connectivity index (χ4n) is 8.33. The molecular formula is C52H42N6. The third-order valence-corrected chi connectivity index (χ3v) is 11.1. The average molecular weight is 751 g/mol. The molecule has 9 aromatic rings. The summed E-state index contributed by atoms with van der Waals surface area (Å²) in [6, 6.07) is 60.8. The second-order valence-electron chi connectivity index (χ2n) is 15.8. The first-order chi connectivity index (χ1) is 28.4. The van der Waals surface area contributed by atoms with Gasteiger partial charge in [0.1, 0.15) is 12.5 Å². The van der Waals surface area contributed by atoms with Crippen LogP contribution < -0.4 is 9.80 Å². The topological polar surface area (TPSA) is 50.1 Å². The van der Waals surface area contributed by atoms with Crippen LogP contribution in [0.1, 0.15) is 48.6 Å². The number of anilines is 4. The van der Waals surface area contributed by atoms with Crippen molar-refractivity contribution in [3.8, 4) is 5.82 Å². The fourth-order valence-corrected chi connectivity index (χ4v) is 8.33. The van der Waals surface area contributed by atoms with Gasteiger partial charge in [-0.1, -0.05) is 142 Å². The van der Waals surface area contributed by atoms with Gasteiger partial charge < -0.3 is 9.80 Å². The van der Waals surface area contributed by atoms with Gasteiger partial charge in [-0.3, -0.25) is 4.57 Å².